The van der Waals surface area contributed by atoms with E-state index in [0.717, 1.165) is 34.3 Å². The van der Waals surface area contributed by atoms with Gasteiger partial charge in [-0.3, -0.25) is 0 Å². The molecule has 3 aliphatic carbocycles. The van der Waals surface area contributed by atoms with Crippen molar-refractivity contribution in [3.8, 4) is 11.3 Å². The molecule has 0 amide bonds. The van der Waals surface area contributed by atoms with Crippen molar-refractivity contribution in [1.82, 2.24) is 34.7 Å². The van der Waals surface area contributed by atoms with E-state index in [2.05, 4.69) is 25.6 Å². The first kappa shape index (κ1) is 20.6. The van der Waals surface area contributed by atoms with Crippen LogP contribution in [0.4, 0.5) is 8.78 Å². The summed E-state index contributed by atoms with van der Waals surface area (Å²) in [6.45, 7) is 1.63. The van der Waals surface area contributed by atoms with Gasteiger partial charge in [0.05, 0.1) is 36.3 Å². The average Bonchev–Trinajstić information content (AvgIpc) is 3.47. The van der Waals surface area contributed by atoms with E-state index in [9.17, 15) is 8.78 Å². The summed E-state index contributed by atoms with van der Waals surface area (Å²) in [4.78, 5) is 8.35. The van der Waals surface area contributed by atoms with Crippen LogP contribution in [0.25, 0.3) is 27.7 Å². The van der Waals surface area contributed by atoms with Crippen molar-refractivity contribution < 1.29 is 8.78 Å². The standard InChI is InChI=1S/C26H23F2N7/c27-24-19(8-29-15-25-12-26(28,13-25)14-25)7-18-6-17(3-4-21(18)31-24)10-35-11-22(32-33-35)20-2-1-5-34-16-30-9-23(20)34/h1-7,9,11,16,29H,8,10,12-15H2. The molecule has 3 fully saturated rings. The maximum Gasteiger partial charge on any atom is 0.217 e. The van der Waals surface area contributed by atoms with Gasteiger partial charge in [0.25, 0.3) is 0 Å². The molecule has 4 heterocycles. The van der Waals surface area contributed by atoms with Crippen LogP contribution < -0.4 is 5.32 Å². The molecule has 0 aliphatic heterocycles. The topological polar surface area (TPSA) is 72.9 Å². The lowest BCUT2D eigenvalue weighted by molar-refractivity contribution is -0.209. The highest BCUT2D eigenvalue weighted by Crippen LogP contribution is 2.69. The maximum absolute atomic E-state index is 14.6. The second-order valence-electron chi connectivity index (χ2n) is 10.2. The molecule has 3 aliphatic rings. The SMILES string of the molecule is Fc1nc2ccc(Cn3cc(-c4cccn5cncc45)nn3)cc2cc1CNCC12CC(F)(C1)C2. The highest BCUT2D eigenvalue weighted by atomic mass is 19.1. The summed E-state index contributed by atoms with van der Waals surface area (Å²) in [6, 6.07) is 11.6. The van der Waals surface area contributed by atoms with Crippen LogP contribution in [-0.4, -0.2) is 41.6 Å². The second-order valence-corrected chi connectivity index (χ2v) is 10.2. The highest BCUT2D eigenvalue weighted by Gasteiger charge is 2.68. The Hall–Kier alpha value is -3.72. The van der Waals surface area contributed by atoms with Crippen molar-refractivity contribution in [1.29, 1.82) is 0 Å². The molecule has 1 N–H and O–H groups in total. The monoisotopic (exact) mass is 471 g/mol. The van der Waals surface area contributed by atoms with E-state index in [1.165, 1.54) is 0 Å². The molecule has 7 nitrogen and oxygen atoms in total. The van der Waals surface area contributed by atoms with Gasteiger partial charge in [-0.2, -0.15) is 4.39 Å². The highest BCUT2D eigenvalue weighted by molar-refractivity contribution is 5.80. The van der Waals surface area contributed by atoms with Crippen molar-refractivity contribution in [2.45, 2.75) is 38.0 Å². The number of pyridine rings is 2. The molecule has 5 aromatic rings. The minimum atomic E-state index is -0.911. The Morgan fingerprint density at radius 3 is 2.86 bits per heavy atom. The van der Waals surface area contributed by atoms with E-state index >= 15 is 0 Å². The van der Waals surface area contributed by atoms with Crippen LogP contribution in [0.2, 0.25) is 0 Å². The minimum Gasteiger partial charge on any atom is -0.312 e. The third kappa shape index (κ3) is 3.49. The van der Waals surface area contributed by atoms with E-state index in [4.69, 9.17) is 0 Å². The Balaban J connectivity index is 1.09. The van der Waals surface area contributed by atoms with Crippen LogP contribution in [-0.2, 0) is 13.1 Å². The second kappa shape index (κ2) is 7.39. The van der Waals surface area contributed by atoms with Crippen LogP contribution in [0.3, 0.4) is 0 Å². The zero-order valence-electron chi connectivity index (χ0n) is 19.0. The van der Waals surface area contributed by atoms with Gasteiger partial charge in [-0.15, -0.1) is 5.10 Å². The first-order valence-corrected chi connectivity index (χ1v) is 11.8. The smallest absolute Gasteiger partial charge is 0.217 e. The van der Waals surface area contributed by atoms with Gasteiger partial charge in [0.1, 0.15) is 11.4 Å². The Labute approximate surface area is 199 Å². The predicted molar refractivity (Wildman–Crippen MR) is 127 cm³/mol. The minimum absolute atomic E-state index is 0.0862. The number of fused-ring (bicyclic) bond motifs is 2. The van der Waals surface area contributed by atoms with Crippen molar-refractivity contribution in [2.24, 2.45) is 5.41 Å². The summed E-state index contributed by atoms with van der Waals surface area (Å²) in [5.74, 6) is -0.465. The molecular formula is C26H23F2N7. The first-order valence-electron chi connectivity index (χ1n) is 11.8. The first-order chi connectivity index (χ1) is 17.0. The summed E-state index contributed by atoms with van der Waals surface area (Å²) in [7, 11) is 0. The molecule has 3 saturated carbocycles. The lowest BCUT2D eigenvalue weighted by Crippen LogP contribution is -2.67. The number of rotatable bonds is 7. The van der Waals surface area contributed by atoms with E-state index in [1.54, 1.807) is 11.0 Å². The van der Waals surface area contributed by atoms with Gasteiger partial charge in [0.2, 0.25) is 5.95 Å². The summed E-state index contributed by atoms with van der Waals surface area (Å²) in [5.41, 5.74) is 4.04. The lowest BCUT2D eigenvalue weighted by Gasteiger charge is -2.66. The maximum atomic E-state index is 14.6. The lowest BCUT2D eigenvalue weighted by atomic mass is 9.42. The van der Waals surface area contributed by atoms with Gasteiger partial charge in [-0.1, -0.05) is 11.3 Å². The van der Waals surface area contributed by atoms with Crippen molar-refractivity contribution in [3.05, 3.63) is 78.4 Å². The van der Waals surface area contributed by atoms with Crippen LogP contribution in [0.15, 0.2) is 61.3 Å². The normalized spacial score (nSPS) is 22.9. The molecule has 176 valence electrons. The Morgan fingerprint density at radius 1 is 1.11 bits per heavy atom. The molecule has 9 heteroatoms. The Bertz CT molecular complexity index is 1570. The van der Waals surface area contributed by atoms with Crippen molar-refractivity contribution >= 4 is 16.4 Å². The van der Waals surface area contributed by atoms with Crippen molar-refractivity contribution in [3.63, 3.8) is 0 Å². The molecule has 35 heavy (non-hydrogen) atoms. The van der Waals surface area contributed by atoms with E-state index in [-0.39, 0.29) is 5.41 Å². The number of imidazole rings is 1. The summed E-state index contributed by atoms with van der Waals surface area (Å²) >= 11 is 0. The number of aromatic nitrogens is 6. The van der Waals surface area contributed by atoms with Gasteiger partial charge in [-0.05, 0) is 60.6 Å². The molecule has 4 aromatic heterocycles. The molecule has 0 unspecified atom stereocenters. The van der Waals surface area contributed by atoms with Gasteiger partial charge in [0, 0.05) is 35.8 Å². The number of nitrogens with zero attached hydrogens (tertiary/aromatic N) is 6. The average molecular weight is 472 g/mol. The molecule has 0 spiro atoms. The fraction of sp³-hybridized carbons (Fsp3) is 0.308. The zero-order chi connectivity index (χ0) is 23.6. The molecule has 8 rings (SSSR count). The fourth-order valence-electron chi connectivity index (χ4n) is 5.83. The van der Waals surface area contributed by atoms with Gasteiger partial charge in [0.15, 0.2) is 0 Å². The molecule has 1 aromatic carbocycles. The third-order valence-electron chi connectivity index (χ3n) is 7.41. The molecule has 2 bridgehead atoms. The number of benzene rings is 1. The predicted octanol–water partition coefficient (Wildman–Crippen LogP) is 4.31. The zero-order valence-corrected chi connectivity index (χ0v) is 19.0. The Morgan fingerprint density at radius 2 is 2.00 bits per heavy atom. The van der Waals surface area contributed by atoms with E-state index < -0.39 is 11.6 Å². The summed E-state index contributed by atoms with van der Waals surface area (Å²) < 4.78 is 32.0. The summed E-state index contributed by atoms with van der Waals surface area (Å²) in [5, 5.41) is 12.8. The fourth-order valence-corrected chi connectivity index (χ4v) is 5.83. The van der Waals surface area contributed by atoms with Crippen molar-refractivity contribution in [2.75, 3.05) is 6.54 Å². The van der Waals surface area contributed by atoms with Crippen LogP contribution >= 0.6 is 0 Å². The number of alkyl halides is 1. The molecule has 0 atom stereocenters. The Kier molecular flexibility index (Phi) is 4.36. The van der Waals surface area contributed by atoms with Crippen LogP contribution in [0, 0.1) is 11.4 Å². The summed E-state index contributed by atoms with van der Waals surface area (Å²) in [6.07, 6.45) is 9.33. The van der Waals surface area contributed by atoms with Crippen LogP contribution in [0.1, 0.15) is 30.4 Å². The molecular weight excluding hydrogens is 448 g/mol. The molecule has 0 radical (unpaired) electrons. The number of hydrogen-bond acceptors (Lipinski definition) is 5. The van der Waals surface area contributed by atoms with Crippen LogP contribution in [0.5, 0.6) is 0 Å². The number of nitrogens with one attached hydrogen (secondary N) is 1. The number of hydrogen-bond donors (Lipinski definition) is 1. The largest absolute Gasteiger partial charge is 0.312 e. The van der Waals surface area contributed by atoms with Gasteiger partial charge >= 0.3 is 0 Å². The van der Waals surface area contributed by atoms with Gasteiger partial charge < -0.3 is 9.72 Å². The van der Waals surface area contributed by atoms with E-state index in [1.807, 2.05) is 59.4 Å². The molecule has 0 saturated heterocycles. The third-order valence-corrected chi connectivity index (χ3v) is 7.41. The van der Waals surface area contributed by atoms with Gasteiger partial charge in [-0.25, -0.2) is 19.0 Å². The van der Waals surface area contributed by atoms with E-state index in [0.29, 0.717) is 43.4 Å². The number of halogens is 2. The quantitative estimate of drug-likeness (QED) is 0.358.